The van der Waals surface area contributed by atoms with Crippen molar-refractivity contribution in [3.63, 3.8) is 0 Å². The number of hydrogen-bond donors (Lipinski definition) is 1. The quantitative estimate of drug-likeness (QED) is 0.805. The van der Waals surface area contributed by atoms with E-state index in [1.54, 1.807) is 23.5 Å². The van der Waals surface area contributed by atoms with Crippen molar-refractivity contribution in [2.45, 2.75) is 29.7 Å². The van der Waals surface area contributed by atoms with E-state index in [0.717, 1.165) is 15.6 Å². The zero-order valence-electron chi connectivity index (χ0n) is 13.6. The number of rotatable bonds is 5. The zero-order valence-corrected chi connectivity index (χ0v) is 15.2. The number of carboxylic acids is 1. The number of thiazole rings is 1. The highest BCUT2D eigenvalue weighted by Gasteiger charge is 2.47. The van der Waals surface area contributed by atoms with Crippen molar-refractivity contribution >= 4 is 35.0 Å². The molecule has 1 atom stereocenters. The minimum absolute atomic E-state index is 0.103. The smallest absolute Gasteiger partial charge is 0.343 e. The summed E-state index contributed by atoms with van der Waals surface area (Å²) in [6.45, 7) is 1.63. The van der Waals surface area contributed by atoms with Crippen LogP contribution in [-0.4, -0.2) is 45.6 Å². The molecule has 0 saturated carbocycles. The van der Waals surface area contributed by atoms with Crippen LogP contribution < -0.4 is 0 Å². The molecular weight excluding hydrogens is 363 g/mol. The largest absolute Gasteiger partial charge is 0.479 e. The fourth-order valence-electron chi connectivity index (χ4n) is 2.69. The maximum absolute atomic E-state index is 14.2. The molecule has 1 aliphatic heterocycles. The molecule has 1 aromatic carbocycles. The number of halogens is 1. The number of carboxylic acid groups (broad SMARTS) is 1. The second kappa shape index (κ2) is 7.13. The predicted molar refractivity (Wildman–Crippen MR) is 94.8 cm³/mol. The third-order valence-electron chi connectivity index (χ3n) is 4.05. The Morgan fingerprint density at radius 3 is 2.84 bits per heavy atom. The number of alkyl halides is 1. The standard InChI is InChI=1S/C17H17FN2O3S2/c1-11-19-12(8-24-11)9-25-14-5-3-2-4-13(14)15(21)20-7-6-17(18,10-20)16(22)23/h2-5,8H,6-7,9-10H2,1H3,(H,22,23). The van der Waals surface area contributed by atoms with Crippen LogP contribution in [0.25, 0.3) is 0 Å². The lowest BCUT2D eigenvalue weighted by atomic mass is 10.1. The van der Waals surface area contributed by atoms with E-state index in [1.807, 2.05) is 24.4 Å². The summed E-state index contributed by atoms with van der Waals surface area (Å²) in [5.74, 6) is -1.21. The minimum Gasteiger partial charge on any atom is -0.479 e. The number of hydrogen-bond acceptors (Lipinski definition) is 5. The minimum atomic E-state index is -2.35. The Balaban J connectivity index is 1.74. The summed E-state index contributed by atoms with van der Waals surface area (Å²) < 4.78 is 14.2. The molecule has 2 heterocycles. The molecule has 1 unspecified atom stereocenters. The van der Waals surface area contributed by atoms with Gasteiger partial charge < -0.3 is 10.0 Å². The number of carbonyl (C=O) groups is 2. The molecule has 1 N–H and O–H groups in total. The molecule has 2 aromatic rings. The summed E-state index contributed by atoms with van der Waals surface area (Å²) in [5, 5.41) is 12.0. The van der Waals surface area contributed by atoms with Gasteiger partial charge in [-0.1, -0.05) is 12.1 Å². The molecule has 25 heavy (non-hydrogen) atoms. The van der Waals surface area contributed by atoms with Gasteiger partial charge in [0.2, 0.25) is 5.67 Å². The molecule has 0 bridgehead atoms. The third-order valence-corrected chi connectivity index (χ3v) is 5.98. The molecule has 1 aliphatic rings. The number of aryl methyl sites for hydroxylation is 1. The summed E-state index contributed by atoms with van der Waals surface area (Å²) in [5.41, 5.74) is -0.936. The number of benzene rings is 1. The van der Waals surface area contributed by atoms with Crippen LogP contribution in [0.15, 0.2) is 34.5 Å². The van der Waals surface area contributed by atoms with Gasteiger partial charge in [0.25, 0.3) is 5.91 Å². The van der Waals surface area contributed by atoms with Crippen LogP contribution in [0.3, 0.4) is 0 Å². The van der Waals surface area contributed by atoms with Crippen molar-refractivity contribution in [2.24, 2.45) is 0 Å². The van der Waals surface area contributed by atoms with Crippen molar-refractivity contribution in [3.05, 3.63) is 45.9 Å². The second-order valence-electron chi connectivity index (χ2n) is 5.89. The third kappa shape index (κ3) is 3.85. The zero-order chi connectivity index (χ0) is 18.0. The van der Waals surface area contributed by atoms with E-state index in [1.165, 1.54) is 16.7 Å². The Hall–Kier alpha value is -1.93. The summed E-state index contributed by atoms with van der Waals surface area (Å²) in [7, 11) is 0. The number of nitrogens with zero attached hydrogens (tertiary/aromatic N) is 2. The maximum Gasteiger partial charge on any atom is 0.343 e. The van der Waals surface area contributed by atoms with Gasteiger partial charge in [0.05, 0.1) is 22.8 Å². The van der Waals surface area contributed by atoms with Crippen LogP contribution >= 0.6 is 23.1 Å². The van der Waals surface area contributed by atoms with Crippen LogP contribution in [0, 0.1) is 6.92 Å². The van der Waals surface area contributed by atoms with Gasteiger partial charge in [-0.3, -0.25) is 4.79 Å². The average Bonchev–Trinajstić information content (AvgIpc) is 3.19. The SMILES string of the molecule is Cc1nc(CSc2ccccc2C(=O)N2CCC(F)(C(=O)O)C2)cs1. The first-order chi connectivity index (χ1) is 11.9. The average molecular weight is 380 g/mol. The van der Waals surface area contributed by atoms with Crippen molar-refractivity contribution in [1.82, 2.24) is 9.88 Å². The fraction of sp³-hybridized carbons (Fsp3) is 0.353. The van der Waals surface area contributed by atoms with E-state index in [0.29, 0.717) is 11.3 Å². The van der Waals surface area contributed by atoms with E-state index in [9.17, 15) is 14.0 Å². The first-order valence-corrected chi connectivity index (χ1v) is 9.60. The van der Waals surface area contributed by atoms with Gasteiger partial charge >= 0.3 is 5.97 Å². The van der Waals surface area contributed by atoms with E-state index in [2.05, 4.69) is 4.98 Å². The Labute approximate surface area is 152 Å². The fourth-order valence-corrected chi connectivity index (χ4v) is 4.34. The highest BCUT2D eigenvalue weighted by atomic mass is 32.2. The molecule has 0 aliphatic carbocycles. The molecule has 0 radical (unpaired) electrons. The van der Waals surface area contributed by atoms with Crippen LogP contribution in [-0.2, 0) is 10.5 Å². The topological polar surface area (TPSA) is 70.5 Å². The molecule has 8 heteroatoms. The monoisotopic (exact) mass is 380 g/mol. The van der Waals surface area contributed by atoms with Gasteiger partial charge in [0.15, 0.2) is 0 Å². The normalized spacial score (nSPS) is 20.0. The second-order valence-corrected chi connectivity index (χ2v) is 7.97. The van der Waals surface area contributed by atoms with E-state index in [-0.39, 0.29) is 18.9 Å². The summed E-state index contributed by atoms with van der Waals surface area (Å²) in [4.78, 5) is 30.2. The number of aromatic nitrogens is 1. The highest BCUT2D eigenvalue weighted by molar-refractivity contribution is 7.98. The lowest BCUT2D eigenvalue weighted by Gasteiger charge is -2.19. The number of amides is 1. The number of aliphatic carboxylic acids is 1. The molecule has 1 aromatic heterocycles. The summed E-state index contributed by atoms with van der Waals surface area (Å²) >= 11 is 3.07. The Bertz CT molecular complexity index is 811. The Morgan fingerprint density at radius 1 is 1.44 bits per heavy atom. The van der Waals surface area contributed by atoms with Gasteiger partial charge in [0, 0.05) is 29.0 Å². The number of thioether (sulfide) groups is 1. The molecule has 132 valence electrons. The van der Waals surface area contributed by atoms with Crippen LogP contribution in [0.1, 0.15) is 27.5 Å². The number of carbonyl (C=O) groups excluding carboxylic acids is 1. The van der Waals surface area contributed by atoms with Crippen molar-refractivity contribution in [2.75, 3.05) is 13.1 Å². The molecule has 1 saturated heterocycles. The first kappa shape index (κ1) is 17.9. The van der Waals surface area contributed by atoms with E-state index in [4.69, 9.17) is 5.11 Å². The molecular formula is C17H17FN2O3S2. The Kier molecular flexibility index (Phi) is 5.10. The van der Waals surface area contributed by atoms with Gasteiger partial charge in [-0.15, -0.1) is 23.1 Å². The lowest BCUT2D eigenvalue weighted by molar-refractivity contribution is -0.149. The van der Waals surface area contributed by atoms with Crippen LogP contribution in [0.5, 0.6) is 0 Å². The molecule has 5 nitrogen and oxygen atoms in total. The van der Waals surface area contributed by atoms with Crippen molar-refractivity contribution in [3.8, 4) is 0 Å². The number of likely N-dealkylation sites (tertiary alicyclic amines) is 1. The molecule has 3 rings (SSSR count). The van der Waals surface area contributed by atoms with E-state index < -0.39 is 18.2 Å². The van der Waals surface area contributed by atoms with Crippen LogP contribution in [0.4, 0.5) is 4.39 Å². The first-order valence-electron chi connectivity index (χ1n) is 7.73. The van der Waals surface area contributed by atoms with E-state index >= 15 is 0 Å². The van der Waals surface area contributed by atoms with Crippen molar-refractivity contribution < 1.29 is 19.1 Å². The van der Waals surface area contributed by atoms with Gasteiger partial charge in [-0.2, -0.15) is 0 Å². The summed E-state index contributed by atoms with van der Waals surface area (Å²) in [6.07, 6.45) is -0.179. The van der Waals surface area contributed by atoms with Gasteiger partial charge in [-0.25, -0.2) is 14.2 Å². The van der Waals surface area contributed by atoms with Gasteiger partial charge in [0.1, 0.15) is 0 Å². The molecule has 0 spiro atoms. The van der Waals surface area contributed by atoms with Crippen LogP contribution in [0.2, 0.25) is 0 Å². The Morgan fingerprint density at radius 2 is 2.20 bits per heavy atom. The molecule has 1 fully saturated rings. The molecule has 1 amide bonds. The predicted octanol–water partition coefficient (Wildman–Crippen LogP) is 3.38. The summed E-state index contributed by atoms with van der Waals surface area (Å²) in [6, 6.07) is 7.12. The highest BCUT2D eigenvalue weighted by Crippen LogP contribution is 2.31. The lowest BCUT2D eigenvalue weighted by Crippen LogP contribution is -2.39. The maximum atomic E-state index is 14.2. The van der Waals surface area contributed by atoms with Gasteiger partial charge in [-0.05, 0) is 19.1 Å². The van der Waals surface area contributed by atoms with Crippen molar-refractivity contribution in [1.29, 1.82) is 0 Å².